The highest BCUT2D eigenvalue weighted by Crippen LogP contribution is 2.02. The fourth-order valence-corrected chi connectivity index (χ4v) is 1.20. The van der Waals surface area contributed by atoms with Gasteiger partial charge in [0.05, 0.1) is 13.1 Å². The molecule has 4 heteroatoms. The average Bonchev–Trinajstić information content (AvgIpc) is 2.16. The van der Waals surface area contributed by atoms with Gasteiger partial charge in [0.2, 0.25) is 5.91 Å². The lowest BCUT2D eigenvalue weighted by Crippen LogP contribution is -2.38. The Hall–Kier alpha value is -0.900. The second kappa shape index (κ2) is 7.40. The molecule has 1 atom stereocenters. The van der Waals surface area contributed by atoms with Crippen LogP contribution in [0.25, 0.3) is 0 Å². The molecule has 0 heterocycles. The van der Waals surface area contributed by atoms with Gasteiger partial charge in [-0.05, 0) is 20.4 Å². The van der Waals surface area contributed by atoms with Gasteiger partial charge in [-0.15, -0.1) is 0 Å². The Morgan fingerprint density at radius 3 is 2.33 bits per heavy atom. The minimum absolute atomic E-state index is 0.0306. The number of amides is 1. The van der Waals surface area contributed by atoms with Crippen LogP contribution in [0.2, 0.25) is 0 Å². The molecule has 0 bridgehead atoms. The van der Waals surface area contributed by atoms with Crippen LogP contribution in [-0.2, 0) is 9.59 Å². The molecule has 0 aromatic heterocycles. The van der Waals surface area contributed by atoms with Crippen LogP contribution in [0, 0.1) is 5.92 Å². The van der Waals surface area contributed by atoms with E-state index >= 15 is 0 Å². The van der Waals surface area contributed by atoms with E-state index in [0.717, 1.165) is 6.42 Å². The molecule has 0 rings (SSSR count). The molecule has 15 heavy (non-hydrogen) atoms. The van der Waals surface area contributed by atoms with Gasteiger partial charge in [-0.25, -0.2) is 0 Å². The molecule has 0 aromatic carbocycles. The van der Waals surface area contributed by atoms with Crippen LogP contribution in [0.15, 0.2) is 0 Å². The molecule has 0 spiro atoms. The first kappa shape index (κ1) is 14.1. The minimum Gasteiger partial charge on any atom is -0.355 e. The summed E-state index contributed by atoms with van der Waals surface area (Å²) in [6.45, 7) is 7.06. The average molecular weight is 214 g/mol. The Bertz CT molecular complexity index is 217. The molecule has 0 radical (unpaired) electrons. The number of carbonyl (C=O) groups is 2. The van der Waals surface area contributed by atoms with Crippen molar-refractivity contribution in [2.45, 2.75) is 27.2 Å². The SMILES string of the molecule is CCNC(=O)CN(C)CC(=O)C(C)CC. The Labute approximate surface area is 92.0 Å². The number of hydrogen-bond donors (Lipinski definition) is 1. The normalized spacial score (nSPS) is 12.6. The van der Waals surface area contributed by atoms with Gasteiger partial charge in [0, 0.05) is 12.5 Å². The third-order valence-corrected chi connectivity index (χ3v) is 2.38. The first-order chi connectivity index (χ1) is 7.01. The summed E-state index contributed by atoms with van der Waals surface area (Å²) < 4.78 is 0. The number of carbonyl (C=O) groups excluding carboxylic acids is 2. The van der Waals surface area contributed by atoms with Gasteiger partial charge >= 0.3 is 0 Å². The molecule has 0 aliphatic carbocycles. The minimum atomic E-state index is -0.0306. The van der Waals surface area contributed by atoms with Crippen molar-refractivity contribution in [1.82, 2.24) is 10.2 Å². The third kappa shape index (κ3) is 6.23. The molecule has 0 aliphatic heterocycles. The molecule has 4 nitrogen and oxygen atoms in total. The second-order valence-corrected chi connectivity index (χ2v) is 3.90. The number of Topliss-reactive ketones (excluding diaryl/α,β-unsaturated/α-hetero) is 1. The van der Waals surface area contributed by atoms with Crippen molar-refractivity contribution in [2.75, 3.05) is 26.7 Å². The topological polar surface area (TPSA) is 49.4 Å². The number of hydrogen-bond acceptors (Lipinski definition) is 3. The van der Waals surface area contributed by atoms with E-state index in [1.165, 1.54) is 0 Å². The van der Waals surface area contributed by atoms with E-state index < -0.39 is 0 Å². The highest BCUT2D eigenvalue weighted by atomic mass is 16.2. The van der Waals surface area contributed by atoms with E-state index in [-0.39, 0.29) is 24.2 Å². The Morgan fingerprint density at radius 2 is 1.87 bits per heavy atom. The summed E-state index contributed by atoms with van der Waals surface area (Å²) in [5.41, 5.74) is 0. The van der Waals surface area contributed by atoms with Crippen molar-refractivity contribution in [3.8, 4) is 0 Å². The molecule has 1 amide bonds. The van der Waals surface area contributed by atoms with Gasteiger partial charge in [0.1, 0.15) is 5.78 Å². The maximum Gasteiger partial charge on any atom is 0.234 e. The van der Waals surface area contributed by atoms with Gasteiger partial charge in [-0.1, -0.05) is 13.8 Å². The molecular formula is C11H22N2O2. The fourth-order valence-electron chi connectivity index (χ4n) is 1.20. The first-order valence-electron chi connectivity index (χ1n) is 5.49. The highest BCUT2D eigenvalue weighted by molar-refractivity contribution is 5.83. The second-order valence-electron chi connectivity index (χ2n) is 3.90. The van der Waals surface area contributed by atoms with Crippen LogP contribution in [0.3, 0.4) is 0 Å². The summed E-state index contributed by atoms with van der Waals surface area (Å²) in [4.78, 5) is 24.5. The summed E-state index contributed by atoms with van der Waals surface area (Å²) >= 11 is 0. The van der Waals surface area contributed by atoms with Crippen LogP contribution in [-0.4, -0.2) is 43.3 Å². The van der Waals surface area contributed by atoms with E-state index in [9.17, 15) is 9.59 Å². The molecule has 88 valence electrons. The van der Waals surface area contributed by atoms with E-state index in [0.29, 0.717) is 13.1 Å². The van der Waals surface area contributed by atoms with Gasteiger partial charge in [0.15, 0.2) is 0 Å². The summed E-state index contributed by atoms with van der Waals surface area (Å²) in [6.07, 6.45) is 0.855. The summed E-state index contributed by atoms with van der Waals surface area (Å²) in [7, 11) is 1.79. The van der Waals surface area contributed by atoms with Crippen molar-refractivity contribution in [2.24, 2.45) is 5.92 Å². The number of ketones is 1. The zero-order chi connectivity index (χ0) is 11.8. The predicted molar refractivity (Wildman–Crippen MR) is 60.6 cm³/mol. The third-order valence-electron chi connectivity index (χ3n) is 2.38. The quantitative estimate of drug-likeness (QED) is 0.677. The van der Waals surface area contributed by atoms with Crippen molar-refractivity contribution >= 4 is 11.7 Å². The lowest BCUT2D eigenvalue weighted by Gasteiger charge is -2.17. The van der Waals surface area contributed by atoms with Crippen LogP contribution in [0.5, 0.6) is 0 Å². The smallest absolute Gasteiger partial charge is 0.234 e. The van der Waals surface area contributed by atoms with Crippen LogP contribution < -0.4 is 5.32 Å². The zero-order valence-electron chi connectivity index (χ0n) is 10.2. The van der Waals surface area contributed by atoms with Crippen molar-refractivity contribution < 1.29 is 9.59 Å². The lowest BCUT2D eigenvalue weighted by atomic mass is 10.0. The van der Waals surface area contributed by atoms with Crippen molar-refractivity contribution in [3.05, 3.63) is 0 Å². The molecule has 1 N–H and O–H groups in total. The lowest BCUT2D eigenvalue weighted by molar-refractivity contribution is -0.125. The number of nitrogens with zero attached hydrogens (tertiary/aromatic N) is 1. The van der Waals surface area contributed by atoms with E-state index in [1.54, 1.807) is 11.9 Å². The van der Waals surface area contributed by atoms with Crippen LogP contribution in [0.4, 0.5) is 0 Å². The van der Waals surface area contributed by atoms with Crippen molar-refractivity contribution in [3.63, 3.8) is 0 Å². The van der Waals surface area contributed by atoms with E-state index in [2.05, 4.69) is 5.32 Å². The Morgan fingerprint density at radius 1 is 1.27 bits per heavy atom. The first-order valence-corrected chi connectivity index (χ1v) is 5.49. The fraction of sp³-hybridized carbons (Fsp3) is 0.818. The van der Waals surface area contributed by atoms with Crippen LogP contribution in [0.1, 0.15) is 27.2 Å². The number of rotatable bonds is 7. The number of nitrogens with one attached hydrogen (secondary N) is 1. The Balaban J connectivity index is 3.87. The maximum atomic E-state index is 11.6. The molecule has 0 aromatic rings. The van der Waals surface area contributed by atoms with Gasteiger partial charge in [0.25, 0.3) is 0 Å². The monoisotopic (exact) mass is 214 g/mol. The standard InChI is InChI=1S/C11H22N2O2/c1-5-9(3)10(14)7-13(4)8-11(15)12-6-2/h9H,5-8H2,1-4H3,(H,12,15). The largest absolute Gasteiger partial charge is 0.355 e. The van der Waals surface area contributed by atoms with Gasteiger partial charge in [-0.3, -0.25) is 14.5 Å². The Kier molecular flexibility index (Phi) is 6.96. The summed E-state index contributed by atoms with van der Waals surface area (Å²) in [5.74, 6) is 0.253. The van der Waals surface area contributed by atoms with Crippen molar-refractivity contribution in [1.29, 1.82) is 0 Å². The van der Waals surface area contributed by atoms with E-state index in [1.807, 2.05) is 20.8 Å². The molecule has 0 saturated carbocycles. The summed E-state index contributed by atoms with van der Waals surface area (Å²) in [5, 5.41) is 2.70. The molecular weight excluding hydrogens is 192 g/mol. The highest BCUT2D eigenvalue weighted by Gasteiger charge is 2.14. The summed E-state index contributed by atoms with van der Waals surface area (Å²) in [6, 6.07) is 0. The molecule has 0 saturated heterocycles. The molecule has 0 aliphatic rings. The van der Waals surface area contributed by atoms with Crippen LogP contribution >= 0.6 is 0 Å². The maximum absolute atomic E-state index is 11.6. The van der Waals surface area contributed by atoms with Gasteiger partial charge in [-0.2, -0.15) is 0 Å². The van der Waals surface area contributed by atoms with E-state index in [4.69, 9.17) is 0 Å². The zero-order valence-corrected chi connectivity index (χ0v) is 10.2. The molecule has 1 unspecified atom stereocenters. The molecule has 0 fully saturated rings. The van der Waals surface area contributed by atoms with Gasteiger partial charge < -0.3 is 5.32 Å². The predicted octanol–water partition coefficient (Wildman–Crippen LogP) is 0.669. The number of likely N-dealkylation sites (N-methyl/N-ethyl adjacent to an activating group) is 2.